The van der Waals surface area contributed by atoms with Gasteiger partial charge in [0, 0.05) is 34.7 Å². The Morgan fingerprint density at radius 3 is 1.90 bits per heavy atom. The van der Waals surface area contributed by atoms with Crippen LogP contribution in [0.3, 0.4) is 0 Å². The summed E-state index contributed by atoms with van der Waals surface area (Å²) >= 11 is 14.1. The number of hydrogen-bond acceptors (Lipinski definition) is 25. The quantitative estimate of drug-likeness (QED) is 0.0743. The van der Waals surface area contributed by atoms with E-state index in [-0.39, 0.29) is 46.2 Å². The number of aliphatic carboxylic acids is 1. The van der Waals surface area contributed by atoms with Crippen LogP contribution in [0.1, 0.15) is 105 Å². The summed E-state index contributed by atoms with van der Waals surface area (Å²) in [6, 6.07) is -0.679. The number of rotatable bonds is 13. The lowest BCUT2D eigenvalue weighted by Gasteiger charge is -2.47. The number of primary amides is 1. The zero-order valence-corrected chi connectivity index (χ0v) is 55.8. The number of aromatic hydroxyl groups is 3. The van der Waals surface area contributed by atoms with Crippen LogP contribution in [-0.4, -0.2) is 191 Å². The Bertz CT molecular complexity index is 4070. The van der Waals surface area contributed by atoms with Crippen molar-refractivity contribution in [2.45, 2.75) is 156 Å². The number of carbonyl (C=O) groups excluding carboxylic acids is 7. The predicted molar refractivity (Wildman–Crippen MR) is 349 cm³/mol. The van der Waals surface area contributed by atoms with Gasteiger partial charge in [-0.05, 0) is 110 Å². The van der Waals surface area contributed by atoms with E-state index < -0.39 is 237 Å². The lowest BCUT2D eigenvalue weighted by atomic mass is 9.86. The maximum atomic E-state index is 16.0. The SMILES string of the molecule is CN[C@H](CC(C)C)C(=O)N[C@H]1C(=O)N[C@@H](CC(N)=O)C(=O)N[C@H]2C(=O)N[C@H]3C(=O)N[C@@H](C(=O)N[C@H](C(=O)O)c4cc(O)cc(O)c4-c4cc3ccc4O)[C@H](O)c3ccc(c(Cl)c3)Oc3cc2cc(c3OC2OC(CO)C(O)C(O)C2OC2CC(C)(N)C(O)C(C)O2)Oc2ccc(cc2Cl)[C@H]1O. The van der Waals surface area contributed by atoms with Crippen molar-refractivity contribution in [1.82, 2.24) is 37.2 Å². The fourth-order valence-electron chi connectivity index (χ4n) is 12.5. The third-order valence-corrected chi connectivity index (χ3v) is 18.4. The number of fused-ring (bicyclic) bond motifs is 15. The monoisotopic (exact) mass is 1450 g/mol. The van der Waals surface area contributed by atoms with Crippen molar-refractivity contribution >= 4 is 70.5 Å². The van der Waals surface area contributed by atoms with Crippen molar-refractivity contribution in [2.24, 2.45) is 17.4 Å². The summed E-state index contributed by atoms with van der Waals surface area (Å²) < 4.78 is 38.3. The molecule has 35 heteroatoms. The van der Waals surface area contributed by atoms with E-state index in [1.807, 2.05) is 13.8 Å². The van der Waals surface area contributed by atoms with Crippen LogP contribution in [0.5, 0.6) is 46.0 Å². The summed E-state index contributed by atoms with van der Waals surface area (Å²) in [4.78, 5) is 117. The molecule has 0 radical (unpaired) electrons. The van der Waals surface area contributed by atoms with E-state index in [2.05, 4.69) is 37.2 Å². The summed E-state index contributed by atoms with van der Waals surface area (Å²) in [5, 5.41) is 131. The van der Waals surface area contributed by atoms with Gasteiger partial charge in [-0.1, -0.05) is 55.2 Å². The van der Waals surface area contributed by atoms with Gasteiger partial charge in [-0.15, -0.1) is 0 Å². The topological polar surface area (TPSA) is 530 Å². The van der Waals surface area contributed by atoms with Crippen molar-refractivity contribution in [3.8, 4) is 57.1 Å². The molecule has 18 atom stereocenters. The number of nitrogens with two attached hydrogens (primary N) is 2. The number of carboxylic acids is 1. The minimum absolute atomic E-state index is 0.0975. The third-order valence-electron chi connectivity index (χ3n) is 17.8. The third kappa shape index (κ3) is 15.8. The van der Waals surface area contributed by atoms with Crippen LogP contribution in [0.25, 0.3) is 11.1 Å². The van der Waals surface area contributed by atoms with Crippen molar-refractivity contribution in [3.63, 3.8) is 0 Å². The molecule has 2 saturated heterocycles. The van der Waals surface area contributed by atoms with E-state index in [4.69, 9.17) is 63.1 Å². The van der Waals surface area contributed by atoms with Crippen LogP contribution in [0.4, 0.5) is 0 Å². The number of ether oxygens (including phenoxy) is 6. The highest BCUT2D eigenvalue weighted by atomic mass is 35.5. The Morgan fingerprint density at radius 2 is 1.32 bits per heavy atom. The first-order valence-electron chi connectivity index (χ1n) is 31.6. The second-order valence-corrected chi connectivity index (χ2v) is 26.5. The number of aliphatic hydroxyl groups excluding tert-OH is 6. The number of hydrogen-bond donors (Lipinski definition) is 19. The first kappa shape index (κ1) is 74.5. The molecule has 7 aliphatic heterocycles. The zero-order valence-electron chi connectivity index (χ0n) is 54.3. The molecular formula is C66H75Cl2N9O24. The molecule has 542 valence electrons. The summed E-state index contributed by atoms with van der Waals surface area (Å²) in [5.74, 6) is -16.0. The number of carboxylic acid groups (broad SMARTS) is 1. The molecule has 5 aromatic carbocycles. The van der Waals surface area contributed by atoms with Crippen molar-refractivity contribution in [2.75, 3.05) is 13.7 Å². The van der Waals surface area contributed by atoms with Crippen LogP contribution in [0, 0.1) is 5.92 Å². The van der Waals surface area contributed by atoms with Gasteiger partial charge in [0.15, 0.2) is 29.9 Å². The molecule has 0 aromatic heterocycles. The van der Waals surface area contributed by atoms with Crippen molar-refractivity contribution < 1.29 is 118 Å². The van der Waals surface area contributed by atoms with E-state index in [0.717, 1.165) is 66.7 Å². The Balaban J connectivity index is 1.24. The highest BCUT2D eigenvalue weighted by Crippen LogP contribution is 2.50. The van der Waals surface area contributed by atoms with E-state index in [9.17, 15) is 75.0 Å². The molecule has 7 aliphatic rings. The predicted octanol–water partition coefficient (Wildman–Crippen LogP) is 0.106. The summed E-state index contributed by atoms with van der Waals surface area (Å²) in [6.07, 6.45) is -18.6. The molecule has 101 heavy (non-hydrogen) atoms. The van der Waals surface area contributed by atoms with E-state index in [1.54, 1.807) is 0 Å². The van der Waals surface area contributed by atoms with Crippen LogP contribution >= 0.6 is 23.2 Å². The number of benzene rings is 5. The fraction of sp³-hybridized carbons (Fsp3) is 0.424. The first-order valence-corrected chi connectivity index (χ1v) is 32.4. The number of aliphatic hydroxyl groups is 6. The number of carbonyl (C=O) groups is 8. The van der Waals surface area contributed by atoms with Gasteiger partial charge in [0.25, 0.3) is 0 Å². The highest BCUT2D eigenvalue weighted by molar-refractivity contribution is 6.32. The number of amides is 7. The minimum atomic E-state index is -2.35. The van der Waals surface area contributed by atoms with Gasteiger partial charge < -0.3 is 128 Å². The molecule has 21 N–H and O–H groups in total. The molecule has 5 aromatic rings. The standard InChI is InChI=1S/C66H75Cl2N9O24/c1-23(2)12-34(71-5)58(88)76-49-51(83)26-7-10-38(32(67)14-26)97-40-16-28-17-41(55(40)101-65-56(54(86)53(85)42(22-78)99-65)100-44-21-66(4,70)57(87)24(3)96-44)98-39-11-8-27(15-33(39)68)52(84)50-63(93)75-48(64(94)95)31-18-29(79)19-37(81)45(31)30-13-25(6-9-36(30)80)46(60(90)77-50)74-61(91)47(28)73-59(89)35(20-43(69)82)72-62(49)92/h6-11,13-19,23-24,34-35,42,44,46-54,56-57,65,71,78-81,83-87H,12,20-22,70H2,1-5H3,(H2,69,82)(H,72,92)(H,73,89)(H,74,91)(H,75,93)(H,76,88)(H,77,90)(H,94,95)/t24?,34-,35+,42?,44?,46-,47-,48+,49-,50-,51-,52-,53?,54?,56?,57?,65?,66?/m1/s1. The number of nitrogens with one attached hydrogen (secondary N) is 7. The van der Waals surface area contributed by atoms with Crippen molar-refractivity contribution in [1.29, 1.82) is 0 Å². The minimum Gasteiger partial charge on any atom is -0.508 e. The fourth-order valence-corrected chi connectivity index (χ4v) is 12.9. The highest BCUT2D eigenvalue weighted by Gasteiger charge is 2.51. The van der Waals surface area contributed by atoms with Crippen LogP contribution in [-0.2, 0) is 52.6 Å². The Kier molecular flexibility index (Phi) is 22.2. The molecule has 12 rings (SSSR count). The molecule has 0 spiro atoms. The molecule has 7 amide bonds. The lowest BCUT2D eigenvalue weighted by Crippen LogP contribution is -2.64. The molecule has 9 unspecified atom stereocenters. The number of phenols is 3. The van der Waals surface area contributed by atoms with Gasteiger partial charge in [-0.2, -0.15) is 0 Å². The smallest absolute Gasteiger partial charge is 0.330 e. The van der Waals surface area contributed by atoms with Gasteiger partial charge in [0.05, 0.1) is 41.3 Å². The van der Waals surface area contributed by atoms with Gasteiger partial charge in [-0.3, -0.25) is 33.6 Å². The van der Waals surface area contributed by atoms with Crippen LogP contribution < -0.4 is 62.9 Å². The molecule has 7 heterocycles. The molecule has 2 fully saturated rings. The Morgan fingerprint density at radius 1 is 0.713 bits per heavy atom. The summed E-state index contributed by atoms with van der Waals surface area (Å²) in [7, 11) is 1.47. The Labute approximate surface area is 584 Å². The molecule has 33 nitrogen and oxygen atoms in total. The lowest BCUT2D eigenvalue weighted by molar-refractivity contribution is -0.333. The average Bonchev–Trinajstić information content (AvgIpc) is 0.775. The first-order chi connectivity index (χ1) is 47.7. The molecule has 11 bridgehead atoms. The second kappa shape index (κ2) is 30.2. The van der Waals surface area contributed by atoms with Gasteiger partial charge >= 0.3 is 5.97 Å². The maximum Gasteiger partial charge on any atom is 0.330 e. The van der Waals surface area contributed by atoms with E-state index in [1.165, 1.54) is 33.0 Å². The van der Waals surface area contributed by atoms with Crippen LogP contribution in [0.2, 0.25) is 10.0 Å². The number of likely N-dealkylation sites (N-methyl/N-ethyl adjacent to an activating group) is 1. The van der Waals surface area contributed by atoms with Gasteiger partial charge in [-0.25, -0.2) is 4.79 Å². The second-order valence-electron chi connectivity index (χ2n) is 25.7. The number of halogens is 2. The van der Waals surface area contributed by atoms with Gasteiger partial charge in [0.1, 0.15) is 89.5 Å². The van der Waals surface area contributed by atoms with Gasteiger partial charge in [0.2, 0.25) is 53.4 Å². The summed E-state index contributed by atoms with van der Waals surface area (Å²) in [6.45, 7) is 5.66. The number of phenolic OH excluding ortho intramolecular Hbond substituents is 3. The van der Waals surface area contributed by atoms with Crippen LogP contribution in [0.15, 0.2) is 78.9 Å². The van der Waals surface area contributed by atoms with E-state index >= 15 is 14.4 Å². The zero-order chi connectivity index (χ0) is 73.5. The molecule has 0 aliphatic carbocycles. The van der Waals surface area contributed by atoms with E-state index in [0.29, 0.717) is 0 Å². The normalized spacial score (nSPS) is 29.4. The Hall–Kier alpha value is -9.20. The largest absolute Gasteiger partial charge is 0.508 e. The molecular weight excluding hydrogens is 1370 g/mol. The molecule has 0 saturated carbocycles. The van der Waals surface area contributed by atoms with Crippen molar-refractivity contribution in [3.05, 3.63) is 117 Å². The maximum absolute atomic E-state index is 16.0. The average molecular weight is 1450 g/mol. The summed E-state index contributed by atoms with van der Waals surface area (Å²) in [5.41, 5.74) is 8.00.